The number of nitrogens with one attached hydrogen (secondary N) is 1. The lowest BCUT2D eigenvalue weighted by Crippen LogP contribution is -2.35. The maximum atomic E-state index is 12.4. The summed E-state index contributed by atoms with van der Waals surface area (Å²) in [6.07, 6.45) is 3.68. The van der Waals surface area contributed by atoms with Crippen molar-refractivity contribution in [2.45, 2.75) is 25.3 Å². The number of carbonyl (C=O) groups excluding carboxylic acids is 1. The van der Waals surface area contributed by atoms with E-state index >= 15 is 0 Å². The Labute approximate surface area is 135 Å². The molecule has 2 atom stereocenters. The molecule has 1 aromatic rings. The van der Waals surface area contributed by atoms with Crippen LogP contribution in [0.3, 0.4) is 0 Å². The number of benzene rings is 1. The number of anilines is 1. The van der Waals surface area contributed by atoms with Crippen LogP contribution in [0.25, 0.3) is 0 Å². The van der Waals surface area contributed by atoms with Crippen molar-refractivity contribution in [2.24, 2.45) is 5.92 Å². The van der Waals surface area contributed by atoms with Crippen molar-refractivity contribution >= 4 is 23.2 Å². The van der Waals surface area contributed by atoms with Gasteiger partial charge < -0.3 is 20.7 Å². The standard InChI is InChI=1S/C16H22ClN3O2/c1-22-15-11(4-5-12(18)14(15)17)16(21)19-9-10-6-8-20-7-2-3-13(10)20/h4-5,10,13H,2-3,6-9,18H2,1H3,(H,19,21)/t10-,13-/m0/s1. The van der Waals surface area contributed by atoms with Crippen LogP contribution in [-0.4, -0.2) is 43.6 Å². The van der Waals surface area contributed by atoms with Gasteiger partial charge >= 0.3 is 0 Å². The van der Waals surface area contributed by atoms with Gasteiger partial charge in [0, 0.05) is 12.6 Å². The molecule has 0 aromatic heterocycles. The van der Waals surface area contributed by atoms with Crippen LogP contribution < -0.4 is 15.8 Å². The molecule has 0 spiro atoms. The van der Waals surface area contributed by atoms with Crippen LogP contribution in [0.4, 0.5) is 5.69 Å². The normalized spacial score (nSPS) is 24.3. The van der Waals surface area contributed by atoms with E-state index in [-0.39, 0.29) is 10.9 Å². The molecule has 0 bridgehead atoms. The predicted octanol–water partition coefficient (Wildman–Crippen LogP) is 2.14. The Hall–Kier alpha value is -1.46. The highest BCUT2D eigenvalue weighted by molar-refractivity contribution is 6.35. The van der Waals surface area contributed by atoms with Crippen molar-refractivity contribution in [1.29, 1.82) is 0 Å². The number of methoxy groups -OCH3 is 1. The maximum Gasteiger partial charge on any atom is 0.255 e. The molecule has 0 radical (unpaired) electrons. The molecule has 1 amide bonds. The molecular formula is C16H22ClN3O2. The van der Waals surface area contributed by atoms with E-state index in [1.807, 2.05) is 0 Å². The number of nitrogens with zero attached hydrogens (tertiary/aromatic N) is 1. The van der Waals surface area contributed by atoms with E-state index < -0.39 is 0 Å². The van der Waals surface area contributed by atoms with E-state index in [0.29, 0.717) is 35.5 Å². The van der Waals surface area contributed by atoms with Crippen molar-refractivity contribution in [3.8, 4) is 5.75 Å². The fraction of sp³-hybridized carbons (Fsp3) is 0.562. The van der Waals surface area contributed by atoms with Gasteiger partial charge in [-0.25, -0.2) is 0 Å². The van der Waals surface area contributed by atoms with Crippen LogP contribution in [0.2, 0.25) is 5.02 Å². The zero-order valence-electron chi connectivity index (χ0n) is 12.8. The molecule has 5 nitrogen and oxygen atoms in total. The van der Waals surface area contributed by atoms with Gasteiger partial charge in [-0.1, -0.05) is 11.6 Å². The minimum absolute atomic E-state index is 0.157. The number of fused-ring (bicyclic) bond motifs is 1. The highest BCUT2D eigenvalue weighted by atomic mass is 35.5. The number of halogens is 1. The summed E-state index contributed by atoms with van der Waals surface area (Å²) in [7, 11) is 1.49. The van der Waals surface area contributed by atoms with Crippen molar-refractivity contribution in [2.75, 3.05) is 32.5 Å². The first-order chi connectivity index (χ1) is 10.6. The van der Waals surface area contributed by atoms with Crippen LogP contribution in [0.5, 0.6) is 5.75 Å². The number of rotatable bonds is 4. The quantitative estimate of drug-likeness (QED) is 0.833. The SMILES string of the molecule is COc1c(C(=O)NC[C@@H]2CCN3CCC[C@@H]23)ccc(N)c1Cl. The van der Waals surface area contributed by atoms with Gasteiger partial charge in [-0.2, -0.15) is 0 Å². The number of hydrogen-bond acceptors (Lipinski definition) is 4. The molecule has 0 aliphatic carbocycles. The lowest BCUT2D eigenvalue weighted by molar-refractivity contribution is 0.0941. The molecule has 2 heterocycles. The first kappa shape index (κ1) is 15.4. The van der Waals surface area contributed by atoms with Crippen LogP contribution in [0, 0.1) is 5.92 Å². The van der Waals surface area contributed by atoms with Gasteiger partial charge in [0.05, 0.1) is 18.4 Å². The largest absolute Gasteiger partial charge is 0.494 e. The van der Waals surface area contributed by atoms with Gasteiger partial charge in [-0.15, -0.1) is 0 Å². The summed E-state index contributed by atoms with van der Waals surface area (Å²) in [5.41, 5.74) is 6.59. The molecule has 0 saturated carbocycles. The first-order valence-corrected chi connectivity index (χ1v) is 8.14. The molecule has 2 saturated heterocycles. The van der Waals surface area contributed by atoms with E-state index in [1.54, 1.807) is 12.1 Å². The van der Waals surface area contributed by atoms with Gasteiger partial charge in [0.1, 0.15) is 5.02 Å². The first-order valence-electron chi connectivity index (χ1n) is 7.76. The Kier molecular flexibility index (Phi) is 4.45. The van der Waals surface area contributed by atoms with E-state index in [2.05, 4.69) is 10.2 Å². The molecule has 120 valence electrons. The minimum Gasteiger partial charge on any atom is -0.494 e. The molecule has 3 N–H and O–H groups in total. The third kappa shape index (κ3) is 2.75. The summed E-state index contributed by atoms with van der Waals surface area (Å²) >= 11 is 6.11. The van der Waals surface area contributed by atoms with Crippen LogP contribution in [-0.2, 0) is 0 Å². The number of hydrogen-bond donors (Lipinski definition) is 2. The topological polar surface area (TPSA) is 67.6 Å². The average Bonchev–Trinajstić information content (AvgIpc) is 3.11. The lowest BCUT2D eigenvalue weighted by atomic mass is 9.98. The monoisotopic (exact) mass is 323 g/mol. The van der Waals surface area contributed by atoms with Crippen molar-refractivity contribution in [3.63, 3.8) is 0 Å². The summed E-state index contributed by atoms with van der Waals surface area (Å²) < 4.78 is 5.24. The Bertz CT molecular complexity index is 579. The lowest BCUT2D eigenvalue weighted by Gasteiger charge is -2.20. The fourth-order valence-electron chi connectivity index (χ4n) is 3.69. The highest BCUT2D eigenvalue weighted by Crippen LogP contribution is 2.34. The van der Waals surface area contributed by atoms with Crippen molar-refractivity contribution in [1.82, 2.24) is 10.2 Å². The number of amides is 1. The van der Waals surface area contributed by atoms with Crippen molar-refractivity contribution in [3.05, 3.63) is 22.7 Å². The van der Waals surface area contributed by atoms with Gasteiger partial charge in [0.2, 0.25) is 0 Å². The Balaban J connectivity index is 1.66. The van der Waals surface area contributed by atoms with E-state index in [4.69, 9.17) is 22.1 Å². The Morgan fingerprint density at radius 3 is 3.05 bits per heavy atom. The van der Waals surface area contributed by atoms with Crippen LogP contribution in [0.1, 0.15) is 29.6 Å². The molecule has 2 aliphatic heterocycles. The third-order valence-corrected chi connectivity index (χ3v) is 5.24. The second kappa shape index (κ2) is 6.34. The second-order valence-corrected chi connectivity index (χ2v) is 6.43. The van der Waals surface area contributed by atoms with Crippen LogP contribution >= 0.6 is 11.6 Å². The Morgan fingerprint density at radius 2 is 2.27 bits per heavy atom. The van der Waals surface area contributed by atoms with Crippen LogP contribution in [0.15, 0.2) is 12.1 Å². The third-order valence-electron chi connectivity index (χ3n) is 4.85. The summed E-state index contributed by atoms with van der Waals surface area (Å²) in [5, 5.41) is 3.32. The molecule has 2 aliphatic rings. The number of carbonyl (C=O) groups is 1. The molecule has 6 heteroatoms. The fourth-order valence-corrected chi connectivity index (χ4v) is 3.94. The maximum absolute atomic E-state index is 12.4. The van der Waals surface area contributed by atoms with Gasteiger partial charge in [-0.3, -0.25) is 4.79 Å². The highest BCUT2D eigenvalue weighted by Gasteiger charge is 2.37. The molecule has 1 aromatic carbocycles. The summed E-state index contributed by atoms with van der Waals surface area (Å²) in [6.45, 7) is 3.06. The molecular weight excluding hydrogens is 302 g/mol. The smallest absolute Gasteiger partial charge is 0.255 e. The molecule has 2 fully saturated rings. The van der Waals surface area contributed by atoms with Gasteiger partial charge in [0.15, 0.2) is 5.75 Å². The number of nitrogen functional groups attached to an aromatic ring is 1. The molecule has 22 heavy (non-hydrogen) atoms. The zero-order valence-corrected chi connectivity index (χ0v) is 13.5. The summed E-state index contributed by atoms with van der Waals surface area (Å²) in [4.78, 5) is 15.0. The average molecular weight is 324 g/mol. The number of ether oxygens (including phenoxy) is 1. The summed E-state index contributed by atoms with van der Waals surface area (Å²) in [6, 6.07) is 3.93. The van der Waals surface area contributed by atoms with E-state index in [0.717, 1.165) is 13.0 Å². The second-order valence-electron chi connectivity index (χ2n) is 6.05. The predicted molar refractivity (Wildman–Crippen MR) is 87.5 cm³/mol. The van der Waals surface area contributed by atoms with Crippen molar-refractivity contribution < 1.29 is 9.53 Å². The Morgan fingerprint density at radius 1 is 1.45 bits per heavy atom. The van der Waals surface area contributed by atoms with Gasteiger partial charge in [-0.05, 0) is 50.4 Å². The van der Waals surface area contributed by atoms with E-state index in [9.17, 15) is 4.79 Å². The number of nitrogens with two attached hydrogens (primary N) is 1. The van der Waals surface area contributed by atoms with Gasteiger partial charge in [0.25, 0.3) is 5.91 Å². The molecule has 3 rings (SSSR count). The summed E-state index contributed by atoms with van der Waals surface area (Å²) in [5.74, 6) is 0.727. The van der Waals surface area contributed by atoms with E-state index in [1.165, 1.54) is 26.5 Å². The zero-order chi connectivity index (χ0) is 15.7. The minimum atomic E-state index is -0.157. The molecule has 0 unspecified atom stereocenters.